The summed E-state index contributed by atoms with van der Waals surface area (Å²) in [7, 11) is 0. The summed E-state index contributed by atoms with van der Waals surface area (Å²) >= 11 is 1.52. The number of carbonyl (C=O) groups is 1. The van der Waals surface area contributed by atoms with Crippen LogP contribution in [-0.4, -0.2) is 50.7 Å². The van der Waals surface area contributed by atoms with E-state index in [9.17, 15) is 13.6 Å². The summed E-state index contributed by atoms with van der Waals surface area (Å²) < 4.78 is 39.9. The zero-order valence-electron chi connectivity index (χ0n) is 25.3. The van der Waals surface area contributed by atoms with Gasteiger partial charge in [-0.25, -0.2) is 13.8 Å². The Kier molecular flexibility index (Phi) is 7.48. The van der Waals surface area contributed by atoms with Crippen LogP contribution in [0.4, 0.5) is 14.6 Å². The lowest BCUT2D eigenvalue weighted by atomic mass is 9.90. The molecular weight excluding hydrogens is 610 g/mol. The molecule has 0 unspecified atom stereocenters. The third-order valence-corrected chi connectivity index (χ3v) is 10.5. The van der Waals surface area contributed by atoms with Gasteiger partial charge in [0.2, 0.25) is 11.8 Å². The number of halogens is 2. The van der Waals surface area contributed by atoms with E-state index >= 15 is 0 Å². The Balaban J connectivity index is 1.26. The van der Waals surface area contributed by atoms with Crippen LogP contribution in [-0.2, 0) is 17.7 Å². The fraction of sp³-hybridized carbons (Fsp3) is 0.382. The summed E-state index contributed by atoms with van der Waals surface area (Å²) in [6.07, 6.45) is 7.26. The molecule has 9 nitrogen and oxygen atoms in total. The van der Waals surface area contributed by atoms with E-state index in [2.05, 4.69) is 26.6 Å². The van der Waals surface area contributed by atoms with Crippen molar-refractivity contribution in [2.75, 3.05) is 25.1 Å². The first-order valence-electron chi connectivity index (χ1n) is 15.8. The number of carbonyl (C=O) groups excluding carboxylic acids is 1. The number of fused-ring (bicyclic) bond motifs is 4. The van der Waals surface area contributed by atoms with Gasteiger partial charge in [-0.15, -0.1) is 21.5 Å². The van der Waals surface area contributed by atoms with Crippen molar-refractivity contribution in [2.24, 2.45) is 5.92 Å². The van der Waals surface area contributed by atoms with Crippen molar-refractivity contribution < 1.29 is 22.7 Å². The topological polar surface area (TPSA) is 106 Å². The van der Waals surface area contributed by atoms with Crippen LogP contribution in [0.1, 0.15) is 71.3 Å². The summed E-state index contributed by atoms with van der Waals surface area (Å²) in [5, 5.41) is 12.8. The first-order valence-corrected chi connectivity index (χ1v) is 16.6. The van der Waals surface area contributed by atoms with Gasteiger partial charge in [-0.2, -0.15) is 0 Å². The van der Waals surface area contributed by atoms with Gasteiger partial charge in [0.25, 0.3) is 5.91 Å². The minimum atomic E-state index is -0.892. The molecule has 2 saturated heterocycles. The van der Waals surface area contributed by atoms with Crippen LogP contribution in [0.25, 0.3) is 32.0 Å². The lowest BCUT2D eigenvalue weighted by Crippen LogP contribution is -2.22. The molecular formula is C34H32F2N6O3S. The van der Waals surface area contributed by atoms with Crippen molar-refractivity contribution in [3.63, 3.8) is 0 Å². The van der Waals surface area contributed by atoms with Gasteiger partial charge in [-0.05, 0) is 79.7 Å². The van der Waals surface area contributed by atoms with Gasteiger partial charge < -0.3 is 19.4 Å². The number of benzene rings is 1. The SMILES string of the molecule is Cc1nnc(-c2c(CCC3CCOCC3)nc3c(c2-c2cc4ccnc(NCc5ccc(F)c(F)c5)c4s2)C(=O)N2CCC[C@H]32)o1. The molecule has 0 spiro atoms. The Labute approximate surface area is 268 Å². The predicted molar refractivity (Wildman–Crippen MR) is 169 cm³/mol. The molecule has 0 radical (unpaired) electrons. The van der Waals surface area contributed by atoms with Crippen LogP contribution in [0.2, 0.25) is 0 Å². The summed E-state index contributed by atoms with van der Waals surface area (Å²) in [6.45, 7) is 4.28. The van der Waals surface area contributed by atoms with E-state index in [0.29, 0.717) is 41.2 Å². The molecule has 1 atom stereocenters. The van der Waals surface area contributed by atoms with Crippen LogP contribution >= 0.6 is 11.3 Å². The second-order valence-corrected chi connectivity index (χ2v) is 13.3. The Morgan fingerprint density at radius 1 is 1.04 bits per heavy atom. The van der Waals surface area contributed by atoms with Crippen molar-refractivity contribution in [2.45, 2.75) is 58.0 Å². The van der Waals surface area contributed by atoms with Crippen molar-refractivity contribution in [3.05, 3.63) is 76.6 Å². The average Bonchev–Trinajstić information content (AvgIpc) is 3.86. The highest BCUT2D eigenvalue weighted by atomic mass is 32.1. The fourth-order valence-corrected chi connectivity index (χ4v) is 8.21. The minimum absolute atomic E-state index is 0.0132. The number of thiophene rings is 1. The van der Waals surface area contributed by atoms with E-state index in [1.54, 1.807) is 19.2 Å². The first kappa shape index (κ1) is 29.1. The summed E-state index contributed by atoms with van der Waals surface area (Å²) in [5.41, 5.74) is 4.42. The third-order valence-electron chi connectivity index (χ3n) is 9.34. The summed E-state index contributed by atoms with van der Waals surface area (Å²) in [4.78, 5) is 26.8. The Morgan fingerprint density at radius 3 is 2.72 bits per heavy atom. The number of nitrogens with zero attached hydrogens (tertiary/aromatic N) is 5. The third kappa shape index (κ3) is 5.13. The van der Waals surface area contributed by atoms with E-state index in [0.717, 1.165) is 95.3 Å². The zero-order chi connectivity index (χ0) is 31.4. The van der Waals surface area contributed by atoms with Crippen LogP contribution < -0.4 is 5.32 Å². The van der Waals surface area contributed by atoms with Crippen molar-refractivity contribution in [1.82, 2.24) is 25.1 Å². The van der Waals surface area contributed by atoms with Crippen molar-refractivity contribution in [1.29, 1.82) is 0 Å². The van der Waals surface area contributed by atoms with Gasteiger partial charge in [0.15, 0.2) is 11.6 Å². The van der Waals surface area contributed by atoms with E-state index in [1.807, 2.05) is 11.0 Å². The van der Waals surface area contributed by atoms with Crippen molar-refractivity contribution >= 4 is 33.1 Å². The van der Waals surface area contributed by atoms with Crippen molar-refractivity contribution in [3.8, 4) is 21.9 Å². The predicted octanol–water partition coefficient (Wildman–Crippen LogP) is 7.26. The van der Waals surface area contributed by atoms with Crippen LogP contribution in [0.3, 0.4) is 0 Å². The number of rotatable bonds is 8. The molecule has 5 aromatic rings. The molecule has 8 rings (SSSR count). The molecule has 3 aliphatic heterocycles. The largest absolute Gasteiger partial charge is 0.421 e. The van der Waals surface area contributed by atoms with Gasteiger partial charge in [0.1, 0.15) is 5.82 Å². The van der Waals surface area contributed by atoms with E-state index in [4.69, 9.17) is 14.1 Å². The first-order chi connectivity index (χ1) is 22.4. The second kappa shape index (κ2) is 11.8. The zero-order valence-corrected chi connectivity index (χ0v) is 26.1. The number of aromatic nitrogens is 4. The maximum atomic E-state index is 14.1. The van der Waals surface area contributed by atoms with Crippen LogP contribution in [0, 0.1) is 24.5 Å². The van der Waals surface area contributed by atoms with Gasteiger partial charge >= 0.3 is 0 Å². The van der Waals surface area contributed by atoms with Crippen LogP contribution in [0.15, 0.2) is 40.9 Å². The molecule has 0 bridgehead atoms. The number of nitrogens with one attached hydrogen (secondary N) is 1. The average molecular weight is 643 g/mol. The molecule has 3 aliphatic rings. The number of ether oxygens (including phenoxy) is 1. The second-order valence-electron chi connectivity index (χ2n) is 12.2. The van der Waals surface area contributed by atoms with Crippen LogP contribution in [0.5, 0.6) is 0 Å². The standard InChI is InChI=1S/C34H32F2N6O3S/c1-18-40-41-33(45-18)27-24(7-5-19-9-13-44-14-10-19)39-30-25-3-2-12-42(25)34(43)29(30)28(27)26-16-21-8-11-37-32(31(21)46-26)38-17-20-4-6-22(35)23(36)15-20/h4,6,8,11,15-16,19,25H,2-3,5,7,9-10,12-14,17H2,1H3,(H,37,38)/t25-/m1/s1. The summed E-state index contributed by atoms with van der Waals surface area (Å²) in [6, 6.07) is 7.82. The molecule has 12 heteroatoms. The number of aryl methyl sites for hydroxylation is 2. The van der Waals surface area contributed by atoms with E-state index in [1.165, 1.54) is 17.4 Å². The normalized spacial score (nSPS) is 18.0. The Hall–Kier alpha value is -4.29. The molecule has 1 aromatic carbocycles. The molecule has 0 saturated carbocycles. The molecule has 46 heavy (non-hydrogen) atoms. The quantitative estimate of drug-likeness (QED) is 0.189. The number of anilines is 1. The van der Waals surface area contributed by atoms with E-state index < -0.39 is 11.6 Å². The maximum absolute atomic E-state index is 14.1. The highest BCUT2D eigenvalue weighted by Gasteiger charge is 2.45. The Bertz CT molecular complexity index is 1970. The highest BCUT2D eigenvalue weighted by Crippen LogP contribution is 2.50. The number of hydrogen-bond acceptors (Lipinski definition) is 9. The van der Waals surface area contributed by atoms with Gasteiger partial charge in [-0.3, -0.25) is 9.78 Å². The van der Waals surface area contributed by atoms with Gasteiger partial charge in [-0.1, -0.05) is 6.07 Å². The molecule has 4 aromatic heterocycles. The summed E-state index contributed by atoms with van der Waals surface area (Å²) in [5.74, 6) is 0.160. The molecule has 1 amide bonds. The van der Waals surface area contributed by atoms with E-state index in [-0.39, 0.29) is 18.5 Å². The fourth-order valence-electron chi connectivity index (χ4n) is 7.03. The Morgan fingerprint density at radius 2 is 1.91 bits per heavy atom. The molecule has 236 valence electrons. The molecule has 1 N–H and O–H groups in total. The lowest BCUT2D eigenvalue weighted by molar-refractivity contribution is 0.0639. The minimum Gasteiger partial charge on any atom is -0.421 e. The molecule has 2 fully saturated rings. The molecule has 7 heterocycles. The number of hydrogen-bond donors (Lipinski definition) is 1. The maximum Gasteiger partial charge on any atom is 0.257 e. The highest BCUT2D eigenvalue weighted by molar-refractivity contribution is 7.23. The monoisotopic (exact) mass is 642 g/mol. The lowest BCUT2D eigenvalue weighted by Gasteiger charge is -2.22. The van der Waals surface area contributed by atoms with Gasteiger partial charge in [0.05, 0.1) is 33.3 Å². The molecule has 0 aliphatic carbocycles. The smallest absolute Gasteiger partial charge is 0.257 e. The van der Waals surface area contributed by atoms with Gasteiger partial charge in [0, 0.05) is 49.9 Å². The number of pyridine rings is 2. The number of amides is 1.